The van der Waals surface area contributed by atoms with Crippen LogP contribution in [0.1, 0.15) is 61.5 Å². The monoisotopic (exact) mass is 481 g/mol. The van der Waals surface area contributed by atoms with Gasteiger partial charge < -0.3 is 19.9 Å². The average molecular weight is 481 g/mol. The van der Waals surface area contributed by atoms with E-state index in [1.165, 1.54) is 12.1 Å². The van der Waals surface area contributed by atoms with Gasteiger partial charge in [0.15, 0.2) is 0 Å². The van der Waals surface area contributed by atoms with E-state index in [9.17, 15) is 9.18 Å². The predicted molar refractivity (Wildman–Crippen MR) is 134 cm³/mol. The number of halogens is 1. The number of nitrogens with zero attached hydrogens (tertiary/aromatic N) is 1. The van der Waals surface area contributed by atoms with E-state index < -0.39 is 7.12 Å². The van der Waals surface area contributed by atoms with Crippen LogP contribution in [0, 0.1) is 5.82 Å². The molecule has 3 heterocycles. The lowest BCUT2D eigenvalue weighted by molar-refractivity contribution is 0.00578. The summed E-state index contributed by atoms with van der Waals surface area (Å²) in [5.74, 6) is -0.0651. The number of hydrogen-bond acceptors (Lipinski definition) is 6. The summed E-state index contributed by atoms with van der Waals surface area (Å²) in [4.78, 5) is 18.4. The van der Waals surface area contributed by atoms with Crippen molar-refractivity contribution < 1.29 is 18.5 Å². The SMILES string of the molecule is CC(NC(=O)c1cccnc1NCc1ccc(B2OC(C)(C)C(C)(C)O2)s1)c1ccc(F)cc1. The first-order valence-electron chi connectivity index (χ1n) is 11.3. The largest absolute Gasteiger partial charge is 0.505 e. The number of hydrogen-bond donors (Lipinski definition) is 2. The molecule has 1 fully saturated rings. The second-order valence-electron chi connectivity index (χ2n) is 9.39. The van der Waals surface area contributed by atoms with Crippen LogP contribution >= 0.6 is 11.3 Å². The van der Waals surface area contributed by atoms with Gasteiger partial charge in [0.25, 0.3) is 5.91 Å². The van der Waals surface area contributed by atoms with E-state index in [2.05, 4.69) is 15.6 Å². The fraction of sp³-hybridized carbons (Fsp3) is 0.360. The molecule has 3 aromatic rings. The van der Waals surface area contributed by atoms with Crippen LogP contribution in [0.15, 0.2) is 54.7 Å². The zero-order chi connectivity index (χ0) is 24.5. The first-order valence-corrected chi connectivity index (χ1v) is 12.1. The molecule has 1 saturated heterocycles. The van der Waals surface area contributed by atoms with Gasteiger partial charge in [-0.1, -0.05) is 18.2 Å². The van der Waals surface area contributed by atoms with Crippen LogP contribution in [0.25, 0.3) is 0 Å². The van der Waals surface area contributed by atoms with E-state index in [0.29, 0.717) is 17.9 Å². The van der Waals surface area contributed by atoms with E-state index in [1.807, 2.05) is 46.8 Å². The highest BCUT2D eigenvalue weighted by molar-refractivity contribution is 7.22. The van der Waals surface area contributed by atoms with Crippen molar-refractivity contribution in [1.29, 1.82) is 0 Å². The Morgan fingerprint density at radius 1 is 1.09 bits per heavy atom. The highest BCUT2D eigenvalue weighted by atomic mass is 32.1. The lowest BCUT2D eigenvalue weighted by atomic mass is 9.88. The highest BCUT2D eigenvalue weighted by Crippen LogP contribution is 2.37. The van der Waals surface area contributed by atoms with Gasteiger partial charge in [0.05, 0.1) is 29.4 Å². The number of rotatable bonds is 7. The van der Waals surface area contributed by atoms with Gasteiger partial charge in [-0.2, -0.15) is 0 Å². The summed E-state index contributed by atoms with van der Waals surface area (Å²) in [6.07, 6.45) is 1.65. The van der Waals surface area contributed by atoms with Crippen molar-refractivity contribution in [3.05, 3.63) is 76.5 Å². The summed E-state index contributed by atoms with van der Waals surface area (Å²) < 4.78 is 26.5. The van der Waals surface area contributed by atoms with Crippen molar-refractivity contribution in [3.63, 3.8) is 0 Å². The number of benzene rings is 1. The molecule has 2 aromatic heterocycles. The third-order valence-electron chi connectivity index (χ3n) is 6.37. The number of pyridine rings is 1. The number of anilines is 1. The standard InChI is InChI=1S/C25H29BFN3O3S/c1-16(17-8-10-18(27)11-9-17)30-23(31)20-7-6-14-28-22(20)29-15-19-12-13-21(34-19)26-32-24(2,3)25(4,5)33-26/h6-14,16H,15H2,1-5H3,(H,28,29)(H,30,31). The molecular weight excluding hydrogens is 452 g/mol. The molecule has 0 aliphatic carbocycles. The molecule has 0 spiro atoms. The number of carbonyl (C=O) groups excluding carboxylic acids is 1. The third-order valence-corrected chi connectivity index (χ3v) is 7.47. The first-order chi connectivity index (χ1) is 16.1. The van der Waals surface area contributed by atoms with Gasteiger partial charge in [-0.05, 0) is 70.5 Å². The van der Waals surface area contributed by atoms with Crippen LogP contribution < -0.4 is 15.4 Å². The minimum Gasteiger partial charge on any atom is -0.399 e. The Labute approximate surface area is 204 Å². The van der Waals surface area contributed by atoms with Crippen LogP contribution in [-0.2, 0) is 15.9 Å². The number of nitrogens with one attached hydrogen (secondary N) is 2. The van der Waals surface area contributed by atoms with Gasteiger partial charge in [0.1, 0.15) is 11.6 Å². The molecule has 2 N–H and O–H groups in total. The summed E-state index contributed by atoms with van der Waals surface area (Å²) in [6, 6.07) is 13.3. The molecule has 0 saturated carbocycles. The summed E-state index contributed by atoms with van der Waals surface area (Å²) in [5.41, 5.74) is 0.490. The maximum absolute atomic E-state index is 13.2. The lowest BCUT2D eigenvalue weighted by Crippen LogP contribution is -2.41. The van der Waals surface area contributed by atoms with Gasteiger partial charge >= 0.3 is 7.12 Å². The van der Waals surface area contributed by atoms with Crippen molar-refractivity contribution in [2.75, 3.05) is 5.32 Å². The lowest BCUT2D eigenvalue weighted by Gasteiger charge is -2.32. The third kappa shape index (κ3) is 5.16. The van der Waals surface area contributed by atoms with E-state index in [1.54, 1.807) is 41.8 Å². The Balaban J connectivity index is 1.40. The first kappa shape index (κ1) is 24.4. The second kappa shape index (κ2) is 9.48. The fourth-order valence-electron chi connectivity index (χ4n) is 3.58. The Morgan fingerprint density at radius 3 is 2.44 bits per heavy atom. The van der Waals surface area contributed by atoms with Crippen molar-refractivity contribution in [2.45, 2.75) is 58.4 Å². The molecular formula is C25H29BFN3O3S. The van der Waals surface area contributed by atoms with Gasteiger partial charge in [-0.3, -0.25) is 4.79 Å². The highest BCUT2D eigenvalue weighted by Gasteiger charge is 2.52. The number of thiophene rings is 1. The maximum Gasteiger partial charge on any atom is 0.505 e. The molecule has 0 bridgehead atoms. The van der Waals surface area contributed by atoms with Gasteiger partial charge in [0.2, 0.25) is 0 Å². The number of amides is 1. The summed E-state index contributed by atoms with van der Waals surface area (Å²) in [5, 5.41) is 6.23. The van der Waals surface area contributed by atoms with Crippen molar-refractivity contribution in [3.8, 4) is 0 Å². The Kier molecular flexibility index (Phi) is 6.80. The van der Waals surface area contributed by atoms with E-state index in [4.69, 9.17) is 9.31 Å². The molecule has 9 heteroatoms. The van der Waals surface area contributed by atoms with Crippen LogP contribution in [0.5, 0.6) is 0 Å². The summed E-state index contributed by atoms with van der Waals surface area (Å²) in [6.45, 7) is 10.5. The minimum absolute atomic E-state index is 0.253. The molecule has 1 atom stereocenters. The summed E-state index contributed by atoms with van der Waals surface area (Å²) in [7, 11) is -0.395. The molecule has 1 aliphatic heterocycles. The molecule has 4 rings (SSSR count). The smallest absolute Gasteiger partial charge is 0.399 e. The van der Waals surface area contributed by atoms with E-state index in [0.717, 1.165) is 15.2 Å². The van der Waals surface area contributed by atoms with Crippen LogP contribution in [0.4, 0.5) is 10.2 Å². The van der Waals surface area contributed by atoms with Crippen LogP contribution in [0.2, 0.25) is 0 Å². The Hall–Kier alpha value is -2.75. The van der Waals surface area contributed by atoms with Crippen molar-refractivity contribution in [1.82, 2.24) is 10.3 Å². The average Bonchev–Trinajstić information content (AvgIpc) is 3.34. The molecule has 1 aliphatic rings. The normalized spacial score (nSPS) is 17.4. The number of aromatic nitrogens is 1. The Bertz CT molecular complexity index is 1150. The minimum atomic E-state index is -0.395. The molecule has 6 nitrogen and oxygen atoms in total. The van der Waals surface area contributed by atoms with Crippen molar-refractivity contribution in [2.24, 2.45) is 0 Å². The molecule has 178 valence electrons. The van der Waals surface area contributed by atoms with E-state index in [-0.39, 0.29) is 29.0 Å². The zero-order valence-corrected chi connectivity index (χ0v) is 20.8. The van der Waals surface area contributed by atoms with Gasteiger partial charge in [0, 0.05) is 15.9 Å². The number of carbonyl (C=O) groups is 1. The van der Waals surface area contributed by atoms with Gasteiger partial charge in [-0.15, -0.1) is 11.3 Å². The molecule has 1 aromatic carbocycles. The maximum atomic E-state index is 13.2. The second-order valence-corrected chi connectivity index (χ2v) is 10.6. The Morgan fingerprint density at radius 2 is 1.76 bits per heavy atom. The topological polar surface area (TPSA) is 72.5 Å². The fourth-order valence-corrected chi connectivity index (χ4v) is 4.50. The zero-order valence-electron chi connectivity index (χ0n) is 20.0. The van der Waals surface area contributed by atoms with Crippen LogP contribution in [0.3, 0.4) is 0 Å². The van der Waals surface area contributed by atoms with E-state index >= 15 is 0 Å². The molecule has 0 radical (unpaired) electrons. The van der Waals surface area contributed by atoms with Gasteiger partial charge in [-0.25, -0.2) is 9.37 Å². The molecule has 1 unspecified atom stereocenters. The molecule has 34 heavy (non-hydrogen) atoms. The summed E-state index contributed by atoms with van der Waals surface area (Å²) >= 11 is 1.60. The quantitative estimate of drug-likeness (QED) is 0.480. The predicted octanol–water partition coefficient (Wildman–Crippen LogP) is 4.68. The van der Waals surface area contributed by atoms with Crippen molar-refractivity contribution >= 4 is 35.0 Å². The van der Waals surface area contributed by atoms with Crippen LogP contribution in [-0.4, -0.2) is 29.2 Å². The molecule has 1 amide bonds.